The van der Waals surface area contributed by atoms with Gasteiger partial charge in [0.25, 0.3) is 5.91 Å². The molecular weight excluding hydrogens is 399 g/mol. The van der Waals surface area contributed by atoms with Gasteiger partial charge in [-0.1, -0.05) is 12.1 Å². The molecule has 2 aromatic rings. The summed E-state index contributed by atoms with van der Waals surface area (Å²) in [7, 11) is 1.63. The molecule has 0 aliphatic carbocycles. The number of aromatic nitrogens is 1. The molecule has 0 N–H and O–H groups in total. The smallest absolute Gasteiger partial charge is 0.375 e. The van der Waals surface area contributed by atoms with Crippen LogP contribution in [0.3, 0.4) is 0 Å². The molecule has 2 aliphatic heterocycles. The Labute approximate surface area is 172 Å². The summed E-state index contributed by atoms with van der Waals surface area (Å²) in [5.41, 5.74) is 0.223. The molecule has 4 rings (SSSR count). The third-order valence-electron chi connectivity index (χ3n) is 5.66. The van der Waals surface area contributed by atoms with Gasteiger partial charge in [0.05, 0.1) is 18.8 Å². The lowest BCUT2D eigenvalue weighted by Crippen LogP contribution is -2.49. The minimum atomic E-state index is -4.40. The summed E-state index contributed by atoms with van der Waals surface area (Å²) in [6.07, 6.45) is -3.56. The fourth-order valence-corrected chi connectivity index (χ4v) is 3.69. The summed E-state index contributed by atoms with van der Waals surface area (Å²) in [4.78, 5) is 20.5. The molecule has 0 unspecified atom stereocenters. The van der Waals surface area contributed by atoms with Gasteiger partial charge in [-0.25, -0.2) is 4.98 Å². The summed E-state index contributed by atoms with van der Waals surface area (Å²) < 4.78 is 49.0. The average molecular weight is 421 g/mol. The molecule has 1 aromatic heterocycles. The third kappa shape index (κ3) is 3.87. The molecule has 0 saturated carbocycles. The average Bonchev–Trinajstić information content (AvgIpc) is 2.73. The lowest BCUT2D eigenvalue weighted by Gasteiger charge is -2.40. The van der Waals surface area contributed by atoms with Crippen molar-refractivity contribution in [2.75, 3.05) is 51.4 Å². The maximum absolute atomic E-state index is 13.0. The Hall–Kier alpha value is -2.65. The van der Waals surface area contributed by atoms with Crippen molar-refractivity contribution in [2.45, 2.75) is 11.8 Å². The van der Waals surface area contributed by atoms with Gasteiger partial charge in [-0.2, -0.15) is 13.2 Å². The largest absolute Gasteiger partial charge is 0.417 e. The number of piperazine rings is 1. The first kappa shape index (κ1) is 20.6. The van der Waals surface area contributed by atoms with Crippen LogP contribution in [0.15, 0.2) is 42.6 Å². The molecule has 3 heterocycles. The number of nitrogens with zero attached hydrogens (tertiary/aromatic N) is 3. The number of carbonyl (C=O) groups is 1. The van der Waals surface area contributed by atoms with Gasteiger partial charge in [0.1, 0.15) is 11.4 Å². The van der Waals surface area contributed by atoms with Gasteiger partial charge in [-0.3, -0.25) is 4.79 Å². The Morgan fingerprint density at radius 2 is 1.87 bits per heavy atom. The fourth-order valence-electron chi connectivity index (χ4n) is 3.69. The highest BCUT2D eigenvalue weighted by atomic mass is 19.4. The van der Waals surface area contributed by atoms with Crippen molar-refractivity contribution in [3.05, 3.63) is 59.3 Å². The van der Waals surface area contributed by atoms with Crippen LogP contribution in [-0.2, 0) is 21.3 Å². The van der Waals surface area contributed by atoms with Crippen molar-refractivity contribution in [1.82, 2.24) is 9.88 Å². The molecule has 30 heavy (non-hydrogen) atoms. The van der Waals surface area contributed by atoms with E-state index in [1.165, 1.54) is 6.07 Å². The first-order valence-electron chi connectivity index (χ1n) is 9.63. The van der Waals surface area contributed by atoms with E-state index in [1.807, 2.05) is 23.1 Å². The highest BCUT2D eigenvalue weighted by Crippen LogP contribution is 2.33. The second kappa shape index (κ2) is 7.88. The Balaban J connectivity index is 1.40. The Bertz CT molecular complexity index is 900. The van der Waals surface area contributed by atoms with E-state index in [0.717, 1.165) is 17.8 Å². The highest BCUT2D eigenvalue weighted by molar-refractivity contribution is 5.94. The number of ether oxygens (including phenoxy) is 2. The summed E-state index contributed by atoms with van der Waals surface area (Å²) in [5.74, 6) is 0.396. The van der Waals surface area contributed by atoms with Crippen LogP contribution in [0.4, 0.5) is 19.0 Å². The number of hydrogen-bond donors (Lipinski definition) is 0. The molecule has 6 nitrogen and oxygen atoms in total. The normalized spacial score (nSPS) is 18.8. The van der Waals surface area contributed by atoms with Crippen LogP contribution in [0.2, 0.25) is 0 Å². The molecule has 160 valence electrons. The number of anilines is 1. The number of carbonyl (C=O) groups excluding carboxylic acids is 1. The van der Waals surface area contributed by atoms with Gasteiger partial charge < -0.3 is 19.3 Å². The van der Waals surface area contributed by atoms with Gasteiger partial charge >= 0.3 is 6.18 Å². The van der Waals surface area contributed by atoms with Gasteiger partial charge in [0, 0.05) is 45.0 Å². The second-order valence-electron chi connectivity index (χ2n) is 7.45. The number of amides is 1. The number of alkyl halides is 3. The zero-order valence-electron chi connectivity index (χ0n) is 16.5. The molecule has 1 aromatic carbocycles. The predicted octanol–water partition coefficient (Wildman–Crippen LogP) is 2.93. The fraction of sp³-hybridized carbons (Fsp3) is 0.429. The van der Waals surface area contributed by atoms with Crippen LogP contribution in [0.5, 0.6) is 0 Å². The van der Waals surface area contributed by atoms with E-state index in [4.69, 9.17) is 9.47 Å². The minimum Gasteiger partial charge on any atom is -0.375 e. The molecule has 2 fully saturated rings. The van der Waals surface area contributed by atoms with E-state index in [-0.39, 0.29) is 5.91 Å². The van der Waals surface area contributed by atoms with Gasteiger partial charge in [-0.15, -0.1) is 0 Å². The van der Waals surface area contributed by atoms with Crippen LogP contribution in [0.25, 0.3) is 0 Å². The van der Waals surface area contributed by atoms with E-state index in [2.05, 4.69) is 4.98 Å². The first-order valence-corrected chi connectivity index (χ1v) is 9.63. The summed E-state index contributed by atoms with van der Waals surface area (Å²) in [5, 5.41) is 0. The van der Waals surface area contributed by atoms with Gasteiger partial charge in [0.15, 0.2) is 0 Å². The highest BCUT2D eigenvalue weighted by Gasteiger charge is 2.41. The number of pyridine rings is 1. The van der Waals surface area contributed by atoms with Crippen molar-refractivity contribution >= 4 is 11.7 Å². The Morgan fingerprint density at radius 3 is 2.40 bits per heavy atom. The lowest BCUT2D eigenvalue weighted by atomic mass is 9.90. The molecule has 2 aliphatic rings. The summed E-state index contributed by atoms with van der Waals surface area (Å²) in [6, 6.07) is 9.79. The minimum absolute atomic E-state index is 0.0802. The van der Waals surface area contributed by atoms with Crippen LogP contribution in [0, 0.1) is 0 Å². The number of benzene rings is 1. The van der Waals surface area contributed by atoms with Gasteiger partial charge in [-0.05, 0) is 29.8 Å². The van der Waals surface area contributed by atoms with Crippen molar-refractivity contribution in [1.29, 1.82) is 0 Å². The van der Waals surface area contributed by atoms with E-state index in [0.29, 0.717) is 50.8 Å². The molecule has 0 spiro atoms. The number of hydrogen-bond acceptors (Lipinski definition) is 5. The quantitative estimate of drug-likeness (QED) is 0.760. The standard InChI is InChI=1S/C21H22F3N3O3/c1-29-20(13-30-14-20)16-4-2-3-15(11-16)19(28)27-9-7-26(8-10-27)18-6-5-17(12-25-18)21(22,23)24/h2-6,11-12H,7-10,13-14H2,1H3. The molecule has 1 amide bonds. The molecular formula is C21H22F3N3O3. The monoisotopic (exact) mass is 421 g/mol. The first-order chi connectivity index (χ1) is 14.3. The number of methoxy groups -OCH3 is 1. The third-order valence-corrected chi connectivity index (χ3v) is 5.66. The molecule has 0 bridgehead atoms. The van der Waals surface area contributed by atoms with Gasteiger partial charge in [0.2, 0.25) is 0 Å². The van der Waals surface area contributed by atoms with Crippen LogP contribution >= 0.6 is 0 Å². The molecule has 2 saturated heterocycles. The SMILES string of the molecule is COC1(c2cccc(C(=O)N3CCN(c4ccc(C(F)(F)F)cn4)CC3)c2)COC1. The second-order valence-corrected chi connectivity index (χ2v) is 7.45. The molecule has 0 atom stereocenters. The molecule has 9 heteroatoms. The maximum atomic E-state index is 13.0. The van der Waals surface area contributed by atoms with Crippen molar-refractivity contribution in [2.24, 2.45) is 0 Å². The van der Waals surface area contributed by atoms with Crippen LogP contribution in [0.1, 0.15) is 21.5 Å². The Morgan fingerprint density at radius 1 is 1.13 bits per heavy atom. The maximum Gasteiger partial charge on any atom is 0.417 e. The van der Waals surface area contributed by atoms with E-state index in [9.17, 15) is 18.0 Å². The number of rotatable bonds is 4. The van der Waals surface area contributed by atoms with Crippen molar-refractivity contribution < 1.29 is 27.4 Å². The lowest BCUT2D eigenvalue weighted by molar-refractivity contribution is -0.202. The van der Waals surface area contributed by atoms with Crippen molar-refractivity contribution in [3.63, 3.8) is 0 Å². The van der Waals surface area contributed by atoms with Crippen LogP contribution < -0.4 is 4.90 Å². The topological polar surface area (TPSA) is 54.9 Å². The van der Waals surface area contributed by atoms with E-state index >= 15 is 0 Å². The van der Waals surface area contributed by atoms with E-state index in [1.54, 1.807) is 18.1 Å². The summed E-state index contributed by atoms with van der Waals surface area (Å²) in [6.45, 7) is 2.84. The van der Waals surface area contributed by atoms with Crippen LogP contribution in [-0.4, -0.2) is 62.3 Å². The van der Waals surface area contributed by atoms with Crippen molar-refractivity contribution in [3.8, 4) is 0 Å². The number of halogens is 3. The zero-order valence-corrected chi connectivity index (χ0v) is 16.5. The Kier molecular flexibility index (Phi) is 5.42. The molecule has 0 radical (unpaired) electrons. The summed E-state index contributed by atoms with van der Waals surface area (Å²) >= 11 is 0. The predicted molar refractivity (Wildman–Crippen MR) is 103 cm³/mol. The zero-order chi connectivity index (χ0) is 21.4. The van der Waals surface area contributed by atoms with E-state index < -0.39 is 17.3 Å².